The van der Waals surface area contributed by atoms with E-state index in [0.717, 1.165) is 32.4 Å². The summed E-state index contributed by atoms with van der Waals surface area (Å²) in [6, 6.07) is 13.2. The minimum Gasteiger partial charge on any atom is -0.504 e. The number of pyridine rings is 1. The largest absolute Gasteiger partial charge is 0.504 e. The molecule has 2 fully saturated rings. The number of methoxy groups -OCH3 is 1. The highest BCUT2D eigenvalue weighted by Crippen LogP contribution is 2.47. The van der Waals surface area contributed by atoms with Crippen LogP contribution in [0.15, 0.2) is 42.5 Å². The average Bonchev–Trinajstić information content (AvgIpc) is 3.20. The molecule has 1 aromatic heterocycles. The number of aromatic hydroxyl groups is 1. The van der Waals surface area contributed by atoms with Gasteiger partial charge in [0.05, 0.1) is 11.3 Å². The number of β-amino-alcohol motifs (C(OH)–C–C–N with tert-alkyl or cyclic N) is 1. The number of fused-ring (bicyclic) bond motifs is 1. The van der Waals surface area contributed by atoms with Gasteiger partial charge in [-0.15, -0.1) is 0 Å². The molecule has 0 spiro atoms. The fourth-order valence-electron chi connectivity index (χ4n) is 5.00. The molecule has 2 heterocycles. The molecule has 2 aliphatic rings. The number of nitrogens with zero attached hydrogens (tertiary/aromatic N) is 2. The van der Waals surface area contributed by atoms with E-state index in [2.05, 4.69) is 34.1 Å². The van der Waals surface area contributed by atoms with Crippen molar-refractivity contribution in [3.8, 4) is 5.75 Å². The van der Waals surface area contributed by atoms with E-state index >= 15 is 0 Å². The topological polar surface area (TPSA) is 65.8 Å². The number of aliphatic hydroxyl groups is 1. The highest BCUT2D eigenvalue weighted by atomic mass is 19.1. The summed E-state index contributed by atoms with van der Waals surface area (Å²) >= 11 is 0. The maximum Gasteiger partial charge on any atom is 0.255 e. The van der Waals surface area contributed by atoms with Crippen molar-refractivity contribution in [2.45, 2.75) is 31.0 Å². The van der Waals surface area contributed by atoms with Gasteiger partial charge in [-0.3, -0.25) is 4.90 Å². The monoisotopic (exact) mass is 386 g/mol. The van der Waals surface area contributed by atoms with Gasteiger partial charge in [0.25, 0.3) is 5.95 Å². The van der Waals surface area contributed by atoms with Crippen LogP contribution < -0.4 is 0 Å². The van der Waals surface area contributed by atoms with E-state index < -0.39 is 17.8 Å². The minimum atomic E-state index is -0.944. The van der Waals surface area contributed by atoms with E-state index in [9.17, 15) is 14.6 Å². The number of halogens is 1. The lowest BCUT2D eigenvalue weighted by Gasteiger charge is -2.30. The van der Waals surface area contributed by atoms with E-state index in [1.807, 2.05) is 13.2 Å². The van der Waals surface area contributed by atoms with Gasteiger partial charge >= 0.3 is 0 Å². The Morgan fingerprint density at radius 2 is 1.86 bits per heavy atom. The Morgan fingerprint density at radius 3 is 2.46 bits per heavy atom. The molecule has 4 atom stereocenters. The maximum atomic E-state index is 13.4. The number of likely N-dealkylation sites (tertiary alicyclic amines) is 1. The van der Waals surface area contributed by atoms with Gasteiger partial charge in [-0.2, -0.15) is 4.39 Å². The van der Waals surface area contributed by atoms with Crippen LogP contribution in [0.2, 0.25) is 0 Å². The molecule has 1 aliphatic heterocycles. The predicted molar refractivity (Wildman–Crippen MR) is 103 cm³/mol. The van der Waals surface area contributed by atoms with E-state index in [4.69, 9.17) is 4.74 Å². The highest BCUT2D eigenvalue weighted by molar-refractivity contribution is 5.21. The van der Waals surface area contributed by atoms with Gasteiger partial charge in [-0.25, -0.2) is 4.98 Å². The molecule has 150 valence electrons. The summed E-state index contributed by atoms with van der Waals surface area (Å²) < 4.78 is 19.5. The fourth-order valence-corrected chi connectivity index (χ4v) is 5.00. The lowest BCUT2D eigenvalue weighted by molar-refractivity contribution is -0.0141. The van der Waals surface area contributed by atoms with Crippen LogP contribution in [0, 0.1) is 17.8 Å². The van der Waals surface area contributed by atoms with Gasteiger partial charge < -0.3 is 14.9 Å². The summed E-state index contributed by atoms with van der Waals surface area (Å²) in [7, 11) is 1.82. The first-order chi connectivity index (χ1) is 13.5. The summed E-state index contributed by atoms with van der Waals surface area (Å²) in [6.45, 7) is 2.23. The number of rotatable bonds is 6. The van der Waals surface area contributed by atoms with Gasteiger partial charge in [0, 0.05) is 33.2 Å². The smallest absolute Gasteiger partial charge is 0.255 e. The van der Waals surface area contributed by atoms with Gasteiger partial charge in [0.15, 0.2) is 5.75 Å². The Morgan fingerprint density at radius 1 is 1.18 bits per heavy atom. The van der Waals surface area contributed by atoms with Gasteiger partial charge in [-0.1, -0.05) is 30.3 Å². The second-order valence-electron chi connectivity index (χ2n) is 8.26. The fraction of sp³-hybridized carbons (Fsp3) is 0.500. The van der Waals surface area contributed by atoms with Gasteiger partial charge in [0.1, 0.15) is 6.10 Å². The Hall–Kier alpha value is -2.02. The van der Waals surface area contributed by atoms with Crippen molar-refractivity contribution < 1.29 is 19.3 Å². The number of benzene rings is 1. The molecule has 6 heteroatoms. The number of aliphatic hydroxyl groups excluding tert-OH is 1. The lowest BCUT2D eigenvalue weighted by Crippen LogP contribution is -2.35. The summed E-state index contributed by atoms with van der Waals surface area (Å²) in [4.78, 5) is 5.89. The van der Waals surface area contributed by atoms with E-state index in [0.29, 0.717) is 18.4 Å². The van der Waals surface area contributed by atoms with Gasteiger partial charge in [0.2, 0.25) is 0 Å². The predicted octanol–water partition coefficient (Wildman–Crippen LogP) is 2.93. The quantitative estimate of drug-likeness (QED) is 0.748. The number of hydrogen-bond donors (Lipinski definition) is 2. The number of hydrogen-bond acceptors (Lipinski definition) is 5. The summed E-state index contributed by atoms with van der Waals surface area (Å²) in [6.07, 6.45) is 2.09. The molecule has 1 unspecified atom stereocenters. The molecule has 2 aromatic rings. The number of ether oxygens (including phenoxy) is 1. The highest BCUT2D eigenvalue weighted by Gasteiger charge is 2.49. The van der Waals surface area contributed by atoms with Crippen molar-refractivity contribution in [2.24, 2.45) is 11.8 Å². The summed E-state index contributed by atoms with van der Waals surface area (Å²) in [5, 5.41) is 19.7. The molecule has 5 nitrogen and oxygen atoms in total. The molecule has 28 heavy (non-hydrogen) atoms. The summed E-state index contributed by atoms with van der Waals surface area (Å²) in [5.41, 5.74) is 1.45. The molecule has 0 radical (unpaired) electrons. The minimum absolute atomic E-state index is 0.108. The Labute approximate surface area is 164 Å². The van der Waals surface area contributed by atoms with Crippen LogP contribution in [0.4, 0.5) is 4.39 Å². The molecule has 1 saturated heterocycles. The Kier molecular flexibility index (Phi) is 5.36. The zero-order valence-electron chi connectivity index (χ0n) is 16.1. The summed E-state index contributed by atoms with van der Waals surface area (Å²) in [5.74, 6) is -0.359. The van der Waals surface area contributed by atoms with Crippen molar-refractivity contribution in [1.82, 2.24) is 9.88 Å². The first-order valence-electron chi connectivity index (χ1n) is 9.83. The average molecular weight is 386 g/mol. The Bertz CT molecular complexity index is 803. The molecule has 1 aromatic carbocycles. The van der Waals surface area contributed by atoms with Crippen molar-refractivity contribution in [2.75, 3.05) is 26.7 Å². The zero-order valence-corrected chi connectivity index (χ0v) is 16.1. The van der Waals surface area contributed by atoms with Crippen LogP contribution >= 0.6 is 0 Å². The molecule has 1 saturated carbocycles. The first-order valence-corrected chi connectivity index (χ1v) is 9.83. The maximum absolute atomic E-state index is 13.4. The Balaban J connectivity index is 1.36. The first kappa shape index (κ1) is 19.3. The third-order valence-electron chi connectivity index (χ3n) is 6.35. The lowest BCUT2D eigenvalue weighted by atomic mass is 9.91. The third-order valence-corrected chi connectivity index (χ3v) is 6.35. The second-order valence-corrected chi connectivity index (χ2v) is 8.26. The van der Waals surface area contributed by atoms with Crippen molar-refractivity contribution >= 4 is 0 Å². The van der Waals surface area contributed by atoms with Crippen LogP contribution in [0.5, 0.6) is 5.75 Å². The zero-order chi connectivity index (χ0) is 19.7. The third kappa shape index (κ3) is 3.90. The molecular formula is C22H27FN2O3. The molecule has 0 amide bonds. The van der Waals surface area contributed by atoms with E-state index in [1.54, 1.807) is 0 Å². The molecular weight excluding hydrogens is 359 g/mol. The van der Waals surface area contributed by atoms with Crippen LogP contribution in [0.1, 0.15) is 30.2 Å². The molecule has 1 aliphatic carbocycles. The normalized spacial score (nSPS) is 28.4. The molecule has 2 N–H and O–H groups in total. The van der Waals surface area contributed by atoms with Crippen molar-refractivity contribution in [3.63, 3.8) is 0 Å². The number of aromatic nitrogens is 1. The van der Waals surface area contributed by atoms with E-state index in [1.165, 1.54) is 17.7 Å². The van der Waals surface area contributed by atoms with Crippen LogP contribution in [0.3, 0.4) is 0 Å². The van der Waals surface area contributed by atoms with Crippen LogP contribution in [-0.4, -0.2) is 52.4 Å². The van der Waals surface area contributed by atoms with Crippen LogP contribution in [0.25, 0.3) is 0 Å². The molecule has 4 rings (SSSR count). The van der Waals surface area contributed by atoms with Gasteiger partial charge in [-0.05, 0) is 42.4 Å². The van der Waals surface area contributed by atoms with E-state index in [-0.39, 0.29) is 11.3 Å². The van der Waals surface area contributed by atoms with Crippen molar-refractivity contribution in [1.29, 1.82) is 0 Å². The second kappa shape index (κ2) is 7.78. The van der Waals surface area contributed by atoms with Crippen molar-refractivity contribution in [3.05, 3.63) is 59.7 Å². The molecule has 0 bridgehead atoms. The standard InChI is InChI=1S/C22H27FN2O3/c1-28-22(9-15-5-3-2-4-6-15)10-16-12-25(13-17(16)11-22)14-20(27)18-7-8-19(26)21(23)24-18/h2-8,16-17,20,26-27H,9-14H2,1H3/t16-,17+,20?,22+. The van der Waals surface area contributed by atoms with Crippen LogP contribution in [-0.2, 0) is 11.2 Å². The SMILES string of the molecule is CO[C@]1(Cc2ccccc2)C[C@H]2CN(CC(O)c3ccc(O)c(F)n3)C[C@H]2C1.